The highest BCUT2D eigenvalue weighted by Crippen LogP contribution is 2.30. The quantitative estimate of drug-likeness (QED) is 0.574. The van der Waals surface area contributed by atoms with Crippen LogP contribution in [0.1, 0.15) is 24.1 Å². The van der Waals surface area contributed by atoms with Gasteiger partial charge in [0, 0.05) is 24.0 Å². The number of hydrogen-bond donors (Lipinski definition) is 1. The van der Waals surface area contributed by atoms with Crippen LogP contribution in [0.25, 0.3) is 11.4 Å². The second-order valence-electron chi connectivity index (χ2n) is 7.34. The average molecular weight is 466 g/mol. The van der Waals surface area contributed by atoms with E-state index in [4.69, 9.17) is 5.10 Å². The summed E-state index contributed by atoms with van der Waals surface area (Å²) >= 11 is 0. The first kappa shape index (κ1) is 22.3. The van der Waals surface area contributed by atoms with Crippen LogP contribution in [-0.4, -0.2) is 36.1 Å². The molecular weight excluding hydrogens is 445 g/mol. The number of halogens is 3. The minimum absolute atomic E-state index is 0.0823. The smallest absolute Gasteiger partial charge is 0.406 e. The number of nitrogens with zero attached hydrogens (tertiary/aromatic N) is 3. The Kier molecular flexibility index (Phi) is 6.20. The van der Waals surface area contributed by atoms with Crippen LogP contribution in [-0.2, 0) is 29.4 Å². The summed E-state index contributed by atoms with van der Waals surface area (Å²) in [6.45, 7) is 0.405. The van der Waals surface area contributed by atoms with Crippen molar-refractivity contribution in [1.82, 2.24) is 19.5 Å². The third kappa shape index (κ3) is 5.10. The van der Waals surface area contributed by atoms with Crippen LogP contribution in [0.4, 0.5) is 13.2 Å². The molecule has 11 heteroatoms. The van der Waals surface area contributed by atoms with Gasteiger partial charge in [0.25, 0.3) is 0 Å². The van der Waals surface area contributed by atoms with Crippen LogP contribution in [0.5, 0.6) is 5.75 Å². The van der Waals surface area contributed by atoms with Gasteiger partial charge in [0.1, 0.15) is 11.4 Å². The van der Waals surface area contributed by atoms with Gasteiger partial charge in [-0.2, -0.15) is 5.10 Å². The molecule has 3 aromatic rings. The van der Waals surface area contributed by atoms with E-state index in [0.29, 0.717) is 6.54 Å². The number of ether oxygens (including phenoxy) is 1. The summed E-state index contributed by atoms with van der Waals surface area (Å²) in [5.74, 6) is -0.485. The summed E-state index contributed by atoms with van der Waals surface area (Å²) in [4.78, 5) is 4.24. The molecule has 7 nitrogen and oxygen atoms in total. The number of benzene rings is 1. The first-order chi connectivity index (χ1) is 15.2. The van der Waals surface area contributed by atoms with Crippen molar-refractivity contribution in [2.24, 2.45) is 0 Å². The fourth-order valence-corrected chi connectivity index (χ4v) is 4.78. The fraction of sp³-hybridized carbons (Fsp3) is 0.333. The highest BCUT2D eigenvalue weighted by atomic mass is 32.2. The number of aromatic nitrogens is 3. The number of sulfonamides is 1. The molecule has 0 bridgehead atoms. The van der Waals surface area contributed by atoms with E-state index < -0.39 is 22.1 Å². The average Bonchev–Trinajstić information content (AvgIpc) is 3.12. The van der Waals surface area contributed by atoms with Gasteiger partial charge in [0.2, 0.25) is 10.0 Å². The predicted octanol–water partition coefficient (Wildman–Crippen LogP) is 3.70. The molecule has 0 aliphatic heterocycles. The van der Waals surface area contributed by atoms with Crippen molar-refractivity contribution in [3.63, 3.8) is 0 Å². The Morgan fingerprint density at radius 1 is 1.06 bits per heavy atom. The number of alkyl halides is 3. The summed E-state index contributed by atoms with van der Waals surface area (Å²) in [7, 11) is -3.90. The van der Waals surface area contributed by atoms with Gasteiger partial charge >= 0.3 is 6.36 Å². The second-order valence-corrected chi connectivity index (χ2v) is 9.10. The van der Waals surface area contributed by atoms with Crippen LogP contribution in [0, 0.1) is 0 Å². The summed E-state index contributed by atoms with van der Waals surface area (Å²) in [5, 5.41) is 4.70. The van der Waals surface area contributed by atoms with Crippen molar-refractivity contribution in [1.29, 1.82) is 0 Å². The summed E-state index contributed by atoms with van der Waals surface area (Å²) in [6.07, 6.45) is 0.748. The lowest BCUT2D eigenvalue weighted by atomic mass is 9.95. The van der Waals surface area contributed by atoms with Gasteiger partial charge in [0.05, 0.1) is 17.1 Å². The SMILES string of the molecule is O=S(=O)(NCCn1nc(-c2ccccn2)c2c1CCCC2)c1ccc(OC(F)(F)F)cc1. The molecule has 0 spiro atoms. The van der Waals surface area contributed by atoms with Crippen molar-refractivity contribution in [3.8, 4) is 17.1 Å². The monoisotopic (exact) mass is 466 g/mol. The standard InChI is InChI=1S/C21H21F3N4O3S/c22-21(23,24)31-15-8-10-16(11-9-15)32(29,30)26-13-14-28-19-7-2-1-5-17(19)20(27-28)18-6-3-4-12-25-18/h3-4,6,8-12,26H,1-2,5,7,13-14H2. The lowest BCUT2D eigenvalue weighted by molar-refractivity contribution is -0.274. The van der Waals surface area contributed by atoms with Crippen LogP contribution in [0.2, 0.25) is 0 Å². The third-order valence-corrected chi connectivity index (χ3v) is 6.62. The highest BCUT2D eigenvalue weighted by molar-refractivity contribution is 7.89. The summed E-state index contributed by atoms with van der Waals surface area (Å²) in [5.41, 5.74) is 3.84. The molecule has 1 aromatic carbocycles. The number of nitrogens with one attached hydrogen (secondary N) is 1. The maximum atomic E-state index is 12.5. The molecule has 1 aliphatic carbocycles. The minimum Gasteiger partial charge on any atom is -0.406 e. The zero-order valence-corrected chi connectivity index (χ0v) is 17.8. The lowest BCUT2D eigenvalue weighted by Gasteiger charge is -2.14. The number of rotatable bonds is 7. The van der Waals surface area contributed by atoms with E-state index in [1.165, 1.54) is 0 Å². The molecule has 2 heterocycles. The van der Waals surface area contributed by atoms with Gasteiger partial charge in [-0.05, 0) is 62.1 Å². The molecular formula is C21H21F3N4O3S. The maximum absolute atomic E-state index is 12.5. The Labute approximate surface area is 183 Å². The van der Waals surface area contributed by atoms with E-state index in [1.54, 1.807) is 6.20 Å². The molecule has 2 aromatic heterocycles. The van der Waals surface area contributed by atoms with Gasteiger partial charge in [-0.1, -0.05) is 6.07 Å². The van der Waals surface area contributed by atoms with Crippen molar-refractivity contribution in [2.75, 3.05) is 6.54 Å². The van der Waals surface area contributed by atoms with E-state index in [1.807, 2.05) is 22.9 Å². The van der Waals surface area contributed by atoms with Crippen molar-refractivity contribution in [3.05, 3.63) is 59.9 Å². The molecule has 0 atom stereocenters. The molecule has 170 valence electrons. The molecule has 0 radical (unpaired) electrons. The zero-order chi connectivity index (χ0) is 22.8. The van der Waals surface area contributed by atoms with E-state index >= 15 is 0 Å². The first-order valence-electron chi connectivity index (χ1n) is 10.1. The lowest BCUT2D eigenvalue weighted by Crippen LogP contribution is -2.28. The Hall–Kier alpha value is -2.92. The van der Waals surface area contributed by atoms with Gasteiger partial charge in [0.15, 0.2) is 0 Å². The van der Waals surface area contributed by atoms with Crippen LogP contribution >= 0.6 is 0 Å². The van der Waals surface area contributed by atoms with Crippen LogP contribution in [0.15, 0.2) is 53.6 Å². The predicted molar refractivity (Wildman–Crippen MR) is 110 cm³/mol. The van der Waals surface area contributed by atoms with Crippen LogP contribution < -0.4 is 9.46 Å². The van der Waals surface area contributed by atoms with Gasteiger partial charge in [-0.25, -0.2) is 13.1 Å². The summed E-state index contributed by atoms with van der Waals surface area (Å²) < 4.78 is 69.9. The van der Waals surface area contributed by atoms with E-state index in [-0.39, 0.29) is 11.4 Å². The fourth-order valence-electron chi connectivity index (χ4n) is 3.75. The van der Waals surface area contributed by atoms with Gasteiger partial charge < -0.3 is 4.74 Å². The van der Waals surface area contributed by atoms with Crippen molar-refractivity contribution in [2.45, 2.75) is 43.5 Å². The Morgan fingerprint density at radius 2 is 1.81 bits per heavy atom. The van der Waals surface area contributed by atoms with E-state index in [0.717, 1.165) is 72.6 Å². The molecule has 0 unspecified atom stereocenters. The maximum Gasteiger partial charge on any atom is 0.573 e. The third-order valence-electron chi connectivity index (χ3n) is 5.15. The summed E-state index contributed by atoms with van der Waals surface area (Å²) in [6, 6.07) is 9.70. The van der Waals surface area contributed by atoms with Crippen molar-refractivity contribution >= 4 is 10.0 Å². The second kappa shape index (κ2) is 8.91. The topological polar surface area (TPSA) is 86.1 Å². The van der Waals surface area contributed by atoms with Crippen molar-refractivity contribution < 1.29 is 26.3 Å². The molecule has 4 rings (SSSR count). The van der Waals surface area contributed by atoms with E-state index in [9.17, 15) is 21.6 Å². The van der Waals surface area contributed by atoms with E-state index in [2.05, 4.69) is 14.4 Å². The number of pyridine rings is 1. The Bertz CT molecular complexity index is 1180. The molecule has 1 N–H and O–H groups in total. The molecule has 0 amide bonds. The number of hydrogen-bond acceptors (Lipinski definition) is 5. The molecule has 1 aliphatic rings. The largest absolute Gasteiger partial charge is 0.573 e. The number of fused-ring (bicyclic) bond motifs is 1. The minimum atomic E-state index is -4.84. The zero-order valence-electron chi connectivity index (χ0n) is 17.0. The van der Waals surface area contributed by atoms with Gasteiger partial charge in [-0.3, -0.25) is 9.67 Å². The Balaban J connectivity index is 1.46. The Morgan fingerprint density at radius 3 is 2.50 bits per heavy atom. The van der Waals surface area contributed by atoms with Gasteiger partial charge in [-0.15, -0.1) is 13.2 Å². The molecule has 0 saturated heterocycles. The molecule has 0 fully saturated rings. The molecule has 32 heavy (non-hydrogen) atoms. The first-order valence-corrected chi connectivity index (χ1v) is 11.6. The van der Waals surface area contributed by atoms with Crippen LogP contribution in [0.3, 0.4) is 0 Å². The molecule has 0 saturated carbocycles. The normalized spacial score (nSPS) is 14.2. The highest BCUT2D eigenvalue weighted by Gasteiger charge is 2.31.